The average molecular weight is 384 g/mol. The number of thioether (sulfide) groups is 1. The predicted octanol–water partition coefficient (Wildman–Crippen LogP) is 4.25. The second-order valence-electron chi connectivity index (χ2n) is 5.11. The molecule has 0 spiro atoms. The van der Waals surface area contributed by atoms with Crippen molar-refractivity contribution in [2.24, 2.45) is 0 Å². The van der Waals surface area contributed by atoms with Crippen molar-refractivity contribution in [3.05, 3.63) is 39.3 Å². The van der Waals surface area contributed by atoms with E-state index in [1.54, 1.807) is 35.3 Å². The van der Waals surface area contributed by atoms with Crippen molar-refractivity contribution in [3.63, 3.8) is 0 Å². The molecule has 1 amide bonds. The standard InChI is InChI=1S/C15H11Cl2N3OS2/c16-9-1-2-10(11(17)5-9)14-19-12(6-23-14)13(21)20-15(7-18)3-4-22-8-15/h1-2,5-6H,3-4,8H2,(H,20,21). The van der Waals surface area contributed by atoms with Crippen LogP contribution in [-0.4, -0.2) is 27.9 Å². The maximum atomic E-state index is 12.4. The van der Waals surface area contributed by atoms with Crippen molar-refractivity contribution >= 4 is 52.2 Å². The molecule has 8 heteroatoms. The van der Waals surface area contributed by atoms with Gasteiger partial charge >= 0.3 is 0 Å². The van der Waals surface area contributed by atoms with Gasteiger partial charge in [0.15, 0.2) is 0 Å². The number of rotatable bonds is 3. The molecule has 2 aromatic rings. The van der Waals surface area contributed by atoms with E-state index >= 15 is 0 Å². The number of carbonyl (C=O) groups excluding carboxylic acids is 1. The van der Waals surface area contributed by atoms with E-state index in [-0.39, 0.29) is 5.91 Å². The summed E-state index contributed by atoms with van der Waals surface area (Å²) < 4.78 is 0. The van der Waals surface area contributed by atoms with Crippen LogP contribution in [-0.2, 0) is 0 Å². The first-order chi connectivity index (χ1) is 11.0. The number of amides is 1. The molecule has 1 saturated heterocycles. The zero-order valence-electron chi connectivity index (χ0n) is 11.8. The number of nitriles is 1. The highest BCUT2D eigenvalue weighted by Crippen LogP contribution is 2.33. The molecule has 0 bridgehead atoms. The van der Waals surface area contributed by atoms with Gasteiger partial charge in [-0.2, -0.15) is 17.0 Å². The summed E-state index contributed by atoms with van der Waals surface area (Å²) in [5.41, 5.74) is 0.234. The average Bonchev–Trinajstić information content (AvgIpc) is 3.17. The number of nitrogens with one attached hydrogen (secondary N) is 1. The minimum Gasteiger partial charge on any atom is -0.332 e. The maximum Gasteiger partial charge on any atom is 0.272 e. The molecule has 0 aliphatic carbocycles. The number of aromatic nitrogens is 1. The molecule has 1 aromatic heterocycles. The molecule has 0 saturated carbocycles. The SMILES string of the molecule is N#CC1(NC(=O)c2csc(-c3ccc(Cl)cc3Cl)n2)CCSC1. The fraction of sp³-hybridized carbons (Fsp3) is 0.267. The van der Waals surface area contributed by atoms with Crippen LogP contribution < -0.4 is 5.32 Å². The van der Waals surface area contributed by atoms with Gasteiger partial charge in [-0.1, -0.05) is 23.2 Å². The molecule has 1 aliphatic heterocycles. The number of benzene rings is 1. The second-order valence-corrected chi connectivity index (χ2v) is 7.92. The van der Waals surface area contributed by atoms with Crippen molar-refractivity contribution in [1.29, 1.82) is 5.26 Å². The third-order valence-electron chi connectivity index (χ3n) is 3.49. The van der Waals surface area contributed by atoms with Crippen LogP contribution in [0.1, 0.15) is 16.9 Å². The topological polar surface area (TPSA) is 65.8 Å². The molecule has 1 unspecified atom stereocenters. The molecule has 1 atom stereocenters. The van der Waals surface area contributed by atoms with Crippen molar-refractivity contribution in [2.75, 3.05) is 11.5 Å². The third-order valence-corrected chi connectivity index (χ3v) is 6.10. The fourth-order valence-corrected chi connectivity index (χ4v) is 4.89. The normalized spacial score (nSPS) is 20.2. The Morgan fingerprint density at radius 3 is 2.91 bits per heavy atom. The van der Waals surface area contributed by atoms with Crippen LogP contribution in [0, 0.1) is 11.3 Å². The van der Waals surface area contributed by atoms with Gasteiger partial charge in [-0.3, -0.25) is 4.79 Å². The minimum absolute atomic E-state index is 0.294. The van der Waals surface area contributed by atoms with Crippen LogP contribution in [0.4, 0.5) is 0 Å². The molecular formula is C15H11Cl2N3OS2. The Labute approximate surface area is 151 Å². The van der Waals surface area contributed by atoms with Crippen molar-refractivity contribution in [1.82, 2.24) is 10.3 Å². The Morgan fingerprint density at radius 2 is 2.26 bits per heavy atom. The largest absolute Gasteiger partial charge is 0.332 e. The van der Waals surface area contributed by atoms with Crippen LogP contribution in [0.5, 0.6) is 0 Å². The summed E-state index contributed by atoms with van der Waals surface area (Å²) in [6.07, 6.45) is 0.653. The number of halogens is 2. The molecule has 3 rings (SSSR count). The molecule has 1 fully saturated rings. The molecule has 2 heterocycles. The van der Waals surface area contributed by atoms with E-state index in [2.05, 4.69) is 16.4 Å². The lowest BCUT2D eigenvalue weighted by molar-refractivity contribution is 0.0922. The van der Waals surface area contributed by atoms with Gasteiger partial charge in [0.05, 0.1) is 11.1 Å². The highest BCUT2D eigenvalue weighted by molar-refractivity contribution is 7.99. The van der Waals surface area contributed by atoms with E-state index in [0.29, 0.717) is 32.9 Å². The Bertz CT molecular complexity index is 794. The second kappa shape index (κ2) is 6.70. The molecule has 118 valence electrons. The molecule has 4 nitrogen and oxygen atoms in total. The first-order valence-corrected chi connectivity index (χ1v) is 9.54. The molecular weight excluding hydrogens is 373 g/mol. The summed E-state index contributed by atoms with van der Waals surface area (Å²) in [7, 11) is 0. The van der Waals surface area contributed by atoms with Gasteiger partial charge in [0, 0.05) is 21.7 Å². The first kappa shape index (κ1) is 16.6. The lowest BCUT2D eigenvalue weighted by atomic mass is 10.0. The Kier molecular flexibility index (Phi) is 4.83. The predicted molar refractivity (Wildman–Crippen MR) is 95.3 cm³/mol. The van der Waals surface area contributed by atoms with Crippen LogP contribution in [0.15, 0.2) is 23.6 Å². The lowest BCUT2D eigenvalue weighted by Gasteiger charge is -2.20. The number of nitrogens with zero attached hydrogens (tertiary/aromatic N) is 2. The van der Waals surface area contributed by atoms with Crippen LogP contribution in [0.2, 0.25) is 10.0 Å². The van der Waals surface area contributed by atoms with Gasteiger partial charge in [-0.05, 0) is 30.4 Å². The number of carbonyl (C=O) groups is 1. The smallest absolute Gasteiger partial charge is 0.272 e. The van der Waals surface area contributed by atoms with Gasteiger partial charge in [0.2, 0.25) is 0 Å². The zero-order chi connectivity index (χ0) is 16.4. The van der Waals surface area contributed by atoms with Crippen LogP contribution >= 0.6 is 46.3 Å². The number of hydrogen-bond acceptors (Lipinski definition) is 5. The van der Waals surface area contributed by atoms with Gasteiger partial charge < -0.3 is 5.32 Å². The first-order valence-electron chi connectivity index (χ1n) is 6.75. The van der Waals surface area contributed by atoms with E-state index < -0.39 is 5.54 Å². The number of hydrogen-bond donors (Lipinski definition) is 1. The van der Waals surface area contributed by atoms with Crippen molar-refractivity contribution < 1.29 is 4.79 Å². The number of thiazole rings is 1. The third kappa shape index (κ3) is 3.48. The maximum absolute atomic E-state index is 12.4. The van der Waals surface area contributed by atoms with Gasteiger partial charge in [-0.15, -0.1) is 11.3 Å². The minimum atomic E-state index is -0.788. The summed E-state index contributed by atoms with van der Waals surface area (Å²) in [6.45, 7) is 0. The van der Waals surface area contributed by atoms with E-state index in [4.69, 9.17) is 23.2 Å². The van der Waals surface area contributed by atoms with E-state index in [0.717, 1.165) is 11.3 Å². The highest BCUT2D eigenvalue weighted by atomic mass is 35.5. The van der Waals surface area contributed by atoms with E-state index in [1.165, 1.54) is 11.3 Å². The molecule has 23 heavy (non-hydrogen) atoms. The van der Waals surface area contributed by atoms with Crippen molar-refractivity contribution in [3.8, 4) is 16.6 Å². The summed E-state index contributed by atoms with van der Waals surface area (Å²) in [5, 5.41) is 15.5. The highest BCUT2D eigenvalue weighted by Gasteiger charge is 2.36. The molecule has 1 N–H and O–H groups in total. The zero-order valence-corrected chi connectivity index (χ0v) is 15.0. The lowest BCUT2D eigenvalue weighted by Crippen LogP contribution is -2.47. The fourth-order valence-electron chi connectivity index (χ4n) is 2.23. The van der Waals surface area contributed by atoms with Crippen molar-refractivity contribution in [2.45, 2.75) is 12.0 Å². The monoisotopic (exact) mass is 383 g/mol. The summed E-state index contributed by atoms with van der Waals surface area (Å²) in [4.78, 5) is 16.7. The van der Waals surface area contributed by atoms with Crippen LogP contribution in [0.25, 0.3) is 10.6 Å². The van der Waals surface area contributed by atoms with E-state index in [1.807, 2.05) is 0 Å². The van der Waals surface area contributed by atoms with Crippen LogP contribution in [0.3, 0.4) is 0 Å². The quantitative estimate of drug-likeness (QED) is 0.860. The summed E-state index contributed by atoms with van der Waals surface area (Å²) in [6, 6.07) is 7.36. The summed E-state index contributed by atoms with van der Waals surface area (Å²) >= 11 is 15.1. The molecule has 1 aromatic carbocycles. The molecule has 0 radical (unpaired) electrons. The molecule has 1 aliphatic rings. The van der Waals surface area contributed by atoms with Gasteiger partial charge in [0.1, 0.15) is 16.2 Å². The van der Waals surface area contributed by atoms with E-state index in [9.17, 15) is 10.1 Å². The van der Waals surface area contributed by atoms with Gasteiger partial charge in [0.25, 0.3) is 5.91 Å². The Morgan fingerprint density at radius 1 is 1.43 bits per heavy atom. The Balaban J connectivity index is 1.81. The Hall–Kier alpha value is -1.26. The summed E-state index contributed by atoms with van der Waals surface area (Å²) in [5.74, 6) is 1.15. The van der Waals surface area contributed by atoms with Gasteiger partial charge in [-0.25, -0.2) is 4.98 Å².